The largest absolute Gasteiger partial charge is 0.465 e. The second kappa shape index (κ2) is 12.0. The second-order valence-corrected chi connectivity index (χ2v) is 10.6. The Morgan fingerprint density at radius 1 is 0.846 bits per heavy atom. The molecule has 1 aliphatic rings. The van der Waals surface area contributed by atoms with Gasteiger partial charge in [0.15, 0.2) is 0 Å². The monoisotopic (exact) mass is 529 g/mol. The average Bonchev–Trinajstić information content (AvgIpc) is 3.21. The molecule has 39 heavy (non-hydrogen) atoms. The van der Waals surface area contributed by atoms with Crippen molar-refractivity contribution >= 4 is 18.1 Å². The molecule has 1 atom stereocenters. The first kappa shape index (κ1) is 27.7. The molecule has 3 N–H and O–H groups in total. The highest BCUT2D eigenvalue weighted by Crippen LogP contribution is 2.45. The van der Waals surface area contributed by atoms with Crippen molar-refractivity contribution in [2.45, 2.75) is 44.8 Å². The summed E-state index contributed by atoms with van der Waals surface area (Å²) in [5, 5.41) is 15.8. The number of fused-ring (bicyclic) bond motifs is 3. The van der Waals surface area contributed by atoms with Crippen molar-refractivity contribution in [2.75, 3.05) is 19.6 Å². The molecule has 3 aromatic rings. The minimum atomic E-state index is -1.17. The summed E-state index contributed by atoms with van der Waals surface area (Å²) in [5.41, 5.74) is 4.48. The molecule has 3 aromatic carbocycles. The maximum Gasteiger partial charge on any atom is 0.408 e. The van der Waals surface area contributed by atoms with Crippen LogP contribution in [0.5, 0.6) is 0 Å². The topological polar surface area (TPSA) is 108 Å². The molecule has 0 aromatic heterocycles. The zero-order chi connectivity index (χ0) is 28.0. The van der Waals surface area contributed by atoms with E-state index in [1.54, 1.807) is 20.8 Å². The van der Waals surface area contributed by atoms with Gasteiger partial charge < -0.3 is 20.5 Å². The summed E-state index contributed by atoms with van der Waals surface area (Å²) in [6.45, 7) is 5.71. The summed E-state index contributed by atoms with van der Waals surface area (Å²) in [6, 6.07) is 24.4. The molecular formula is C31H35N3O5. The van der Waals surface area contributed by atoms with Crippen LogP contribution in [0.4, 0.5) is 9.59 Å². The number of hydrogen-bond acceptors (Lipinski definition) is 4. The number of hydrogen-bond donors (Lipinski definition) is 3. The third-order valence-electron chi connectivity index (χ3n) is 6.63. The maximum absolute atomic E-state index is 13.5. The van der Waals surface area contributed by atoms with Crippen LogP contribution in [0, 0.1) is 0 Å². The summed E-state index contributed by atoms with van der Waals surface area (Å²) in [7, 11) is 0. The second-order valence-electron chi connectivity index (χ2n) is 10.6. The number of carbonyl (C=O) groups excluding carboxylic acids is 2. The molecule has 3 amide bonds. The van der Waals surface area contributed by atoms with Crippen molar-refractivity contribution < 1.29 is 24.2 Å². The first-order chi connectivity index (χ1) is 18.6. The SMILES string of the molecule is CC(C)(C)OC(=O)NCCNC(=O)[C@H](Cc1ccccc1)N(CC1c2ccccc2-c2ccccc21)C(=O)O. The van der Waals surface area contributed by atoms with Crippen LogP contribution in [0.15, 0.2) is 78.9 Å². The molecule has 0 saturated carbocycles. The maximum atomic E-state index is 13.5. The van der Waals surface area contributed by atoms with Gasteiger partial charge in [-0.05, 0) is 48.6 Å². The average molecular weight is 530 g/mol. The van der Waals surface area contributed by atoms with Gasteiger partial charge in [-0.1, -0.05) is 78.9 Å². The molecule has 8 nitrogen and oxygen atoms in total. The van der Waals surface area contributed by atoms with Crippen molar-refractivity contribution in [1.29, 1.82) is 0 Å². The highest BCUT2D eigenvalue weighted by atomic mass is 16.6. The number of carbonyl (C=O) groups is 3. The molecule has 204 valence electrons. The molecule has 0 saturated heterocycles. The number of alkyl carbamates (subject to hydrolysis) is 1. The summed E-state index contributed by atoms with van der Waals surface area (Å²) >= 11 is 0. The Kier molecular flexibility index (Phi) is 8.54. The van der Waals surface area contributed by atoms with E-state index in [-0.39, 0.29) is 32.0 Å². The molecule has 0 aliphatic heterocycles. The number of benzene rings is 3. The molecule has 0 fully saturated rings. The van der Waals surface area contributed by atoms with Gasteiger partial charge in [0.05, 0.1) is 0 Å². The molecule has 0 bridgehead atoms. The van der Waals surface area contributed by atoms with Crippen LogP contribution in [0.2, 0.25) is 0 Å². The van der Waals surface area contributed by atoms with Gasteiger partial charge in [-0.3, -0.25) is 9.69 Å². The van der Waals surface area contributed by atoms with E-state index in [1.807, 2.05) is 78.9 Å². The fourth-order valence-corrected chi connectivity index (χ4v) is 4.96. The number of carboxylic acid groups (broad SMARTS) is 1. The van der Waals surface area contributed by atoms with Gasteiger partial charge in [0.2, 0.25) is 5.91 Å². The minimum absolute atomic E-state index is 0.129. The van der Waals surface area contributed by atoms with E-state index in [2.05, 4.69) is 10.6 Å². The molecule has 0 unspecified atom stereocenters. The molecule has 0 heterocycles. The first-order valence-corrected chi connectivity index (χ1v) is 13.1. The zero-order valence-corrected chi connectivity index (χ0v) is 22.5. The highest BCUT2D eigenvalue weighted by molar-refractivity contribution is 5.86. The van der Waals surface area contributed by atoms with Gasteiger partial charge in [-0.15, -0.1) is 0 Å². The Balaban J connectivity index is 1.54. The van der Waals surface area contributed by atoms with E-state index in [0.29, 0.717) is 0 Å². The van der Waals surface area contributed by atoms with E-state index in [9.17, 15) is 19.5 Å². The fraction of sp³-hybridized carbons (Fsp3) is 0.323. The molecule has 0 radical (unpaired) electrons. The van der Waals surface area contributed by atoms with Crippen molar-refractivity contribution in [3.05, 3.63) is 95.6 Å². The predicted molar refractivity (Wildman–Crippen MR) is 150 cm³/mol. The number of ether oxygens (including phenoxy) is 1. The molecule has 1 aliphatic carbocycles. The summed E-state index contributed by atoms with van der Waals surface area (Å²) in [4.78, 5) is 39.3. The number of nitrogens with zero attached hydrogens (tertiary/aromatic N) is 1. The van der Waals surface area contributed by atoms with Crippen molar-refractivity contribution in [3.63, 3.8) is 0 Å². The van der Waals surface area contributed by atoms with Crippen molar-refractivity contribution in [1.82, 2.24) is 15.5 Å². The molecule has 4 rings (SSSR count). The van der Waals surface area contributed by atoms with E-state index in [1.165, 1.54) is 4.90 Å². The first-order valence-electron chi connectivity index (χ1n) is 13.1. The van der Waals surface area contributed by atoms with Crippen LogP contribution < -0.4 is 10.6 Å². The van der Waals surface area contributed by atoms with Gasteiger partial charge in [-0.25, -0.2) is 9.59 Å². The molecule has 0 spiro atoms. The van der Waals surface area contributed by atoms with E-state index in [4.69, 9.17) is 4.74 Å². The summed E-state index contributed by atoms with van der Waals surface area (Å²) in [6.07, 6.45) is -1.53. The summed E-state index contributed by atoms with van der Waals surface area (Å²) < 4.78 is 5.22. The standard InChI is InChI=1S/C31H35N3O5/c1-31(2,3)39-29(36)33-18-17-32-28(35)27(19-21-11-5-4-6-12-21)34(30(37)38)20-26-24-15-9-7-13-22(24)23-14-8-10-16-25(23)26/h4-16,26-27H,17-20H2,1-3H3,(H,32,35)(H,33,36)(H,37,38)/t27-/m0/s1. The van der Waals surface area contributed by atoms with Crippen LogP contribution in [-0.2, 0) is 16.0 Å². The lowest BCUT2D eigenvalue weighted by atomic mass is 9.95. The van der Waals surface area contributed by atoms with E-state index in [0.717, 1.165) is 27.8 Å². The molecular weight excluding hydrogens is 494 g/mol. The lowest BCUT2D eigenvalue weighted by molar-refractivity contribution is -0.125. The Morgan fingerprint density at radius 2 is 1.38 bits per heavy atom. The fourth-order valence-electron chi connectivity index (χ4n) is 4.96. The van der Waals surface area contributed by atoms with Gasteiger partial charge in [0, 0.05) is 32.0 Å². The predicted octanol–water partition coefficient (Wildman–Crippen LogP) is 5.03. The van der Waals surface area contributed by atoms with E-state index < -0.39 is 29.7 Å². The van der Waals surface area contributed by atoms with Crippen molar-refractivity contribution in [2.24, 2.45) is 0 Å². The van der Waals surface area contributed by atoms with Crippen LogP contribution in [-0.4, -0.2) is 59.4 Å². The van der Waals surface area contributed by atoms with Crippen LogP contribution in [0.1, 0.15) is 43.4 Å². The molecule has 8 heteroatoms. The normalized spacial score (nSPS) is 13.1. The Bertz CT molecular complexity index is 1270. The van der Waals surface area contributed by atoms with Crippen LogP contribution in [0.3, 0.4) is 0 Å². The van der Waals surface area contributed by atoms with Crippen LogP contribution >= 0.6 is 0 Å². The number of amides is 3. The Labute approximate surface area is 229 Å². The zero-order valence-electron chi connectivity index (χ0n) is 22.5. The Hall–Kier alpha value is -4.33. The van der Waals surface area contributed by atoms with Crippen LogP contribution in [0.25, 0.3) is 11.1 Å². The lowest BCUT2D eigenvalue weighted by Gasteiger charge is -2.31. The van der Waals surface area contributed by atoms with Gasteiger partial charge in [0.25, 0.3) is 0 Å². The lowest BCUT2D eigenvalue weighted by Crippen LogP contribution is -2.52. The van der Waals surface area contributed by atoms with Gasteiger partial charge in [0.1, 0.15) is 11.6 Å². The van der Waals surface area contributed by atoms with Crippen molar-refractivity contribution in [3.8, 4) is 11.1 Å². The van der Waals surface area contributed by atoms with E-state index >= 15 is 0 Å². The quantitative estimate of drug-likeness (QED) is 0.337. The third-order valence-corrected chi connectivity index (χ3v) is 6.63. The highest BCUT2D eigenvalue weighted by Gasteiger charge is 2.36. The third kappa shape index (κ3) is 6.96. The minimum Gasteiger partial charge on any atom is -0.465 e. The Morgan fingerprint density at radius 3 is 1.95 bits per heavy atom. The van der Waals surface area contributed by atoms with Gasteiger partial charge in [-0.2, -0.15) is 0 Å². The summed E-state index contributed by atoms with van der Waals surface area (Å²) in [5.74, 6) is -0.625. The number of nitrogens with one attached hydrogen (secondary N) is 2. The van der Waals surface area contributed by atoms with Gasteiger partial charge >= 0.3 is 12.2 Å². The smallest absolute Gasteiger partial charge is 0.408 e. The number of rotatable bonds is 9.